The Hall–Kier alpha value is -1.26. The van der Waals surface area contributed by atoms with Crippen LogP contribution in [0.3, 0.4) is 0 Å². The number of morpholine rings is 1. The molecule has 0 aromatic heterocycles. The van der Waals surface area contributed by atoms with Gasteiger partial charge < -0.3 is 19.5 Å². The van der Waals surface area contributed by atoms with Gasteiger partial charge in [-0.05, 0) is 30.2 Å². The van der Waals surface area contributed by atoms with Gasteiger partial charge in [-0.25, -0.2) is 0 Å². The maximum Gasteiger partial charge on any atom is 0.231 e. The Bertz CT molecular complexity index is 399. The highest BCUT2D eigenvalue weighted by atomic mass is 16.7. The Kier molecular flexibility index (Phi) is 2.46. The minimum atomic E-state index is 0.128. The minimum Gasteiger partial charge on any atom is -0.454 e. The summed E-state index contributed by atoms with van der Waals surface area (Å²) in [6, 6.07) is 4.06. The van der Waals surface area contributed by atoms with Crippen molar-refractivity contribution in [3.8, 4) is 11.5 Å². The third kappa shape index (κ3) is 1.64. The highest BCUT2D eigenvalue weighted by Gasteiger charge is 2.22. The summed E-state index contributed by atoms with van der Waals surface area (Å²) < 4.78 is 16.5. The van der Waals surface area contributed by atoms with E-state index in [9.17, 15) is 0 Å². The second kappa shape index (κ2) is 3.96. The standard InChI is InChI=1S/C12H15NO3/c1-8-4-10-11(16-7-15-10)5-9(8)12-6-13-2-3-14-12/h4-5,12-13H,2-3,6-7H2,1H3. The molecule has 1 atom stereocenters. The van der Waals surface area contributed by atoms with E-state index in [1.165, 1.54) is 11.1 Å². The number of nitrogens with one attached hydrogen (secondary N) is 1. The van der Waals surface area contributed by atoms with Crippen LogP contribution < -0.4 is 14.8 Å². The number of aryl methyl sites for hydroxylation is 1. The topological polar surface area (TPSA) is 39.7 Å². The van der Waals surface area contributed by atoms with Gasteiger partial charge in [-0.1, -0.05) is 0 Å². The molecule has 4 nitrogen and oxygen atoms in total. The Balaban J connectivity index is 1.94. The molecule has 1 N–H and O–H groups in total. The zero-order valence-corrected chi connectivity index (χ0v) is 9.29. The molecule has 2 heterocycles. The zero-order chi connectivity index (χ0) is 11.0. The predicted octanol–water partition coefficient (Wildman–Crippen LogP) is 1.38. The fraction of sp³-hybridized carbons (Fsp3) is 0.500. The second-order valence-corrected chi connectivity index (χ2v) is 4.13. The molecule has 0 radical (unpaired) electrons. The van der Waals surface area contributed by atoms with Gasteiger partial charge in [0.1, 0.15) is 0 Å². The lowest BCUT2D eigenvalue weighted by Crippen LogP contribution is -2.33. The zero-order valence-electron chi connectivity index (χ0n) is 9.29. The normalized spacial score (nSPS) is 23.4. The minimum absolute atomic E-state index is 0.128. The Morgan fingerprint density at radius 2 is 2.06 bits per heavy atom. The van der Waals surface area contributed by atoms with E-state index in [-0.39, 0.29) is 6.10 Å². The molecule has 0 aliphatic carbocycles. The Morgan fingerprint density at radius 1 is 1.25 bits per heavy atom. The van der Waals surface area contributed by atoms with E-state index in [0.29, 0.717) is 6.79 Å². The first-order valence-electron chi connectivity index (χ1n) is 5.57. The van der Waals surface area contributed by atoms with E-state index in [0.717, 1.165) is 31.2 Å². The number of hydrogen-bond acceptors (Lipinski definition) is 4. The largest absolute Gasteiger partial charge is 0.454 e. The molecule has 1 aromatic carbocycles. The molecule has 0 spiro atoms. The Morgan fingerprint density at radius 3 is 2.81 bits per heavy atom. The summed E-state index contributed by atoms with van der Waals surface area (Å²) in [6.07, 6.45) is 0.128. The first kappa shape index (κ1) is 9.93. The lowest BCUT2D eigenvalue weighted by atomic mass is 10.0. The highest BCUT2D eigenvalue weighted by Crippen LogP contribution is 2.37. The molecule has 4 heteroatoms. The lowest BCUT2D eigenvalue weighted by molar-refractivity contribution is 0.0272. The monoisotopic (exact) mass is 221 g/mol. The van der Waals surface area contributed by atoms with E-state index in [1.54, 1.807) is 0 Å². The fourth-order valence-electron chi connectivity index (χ4n) is 2.17. The van der Waals surface area contributed by atoms with Crippen LogP contribution in [-0.2, 0) is 4.74 Å². The number of rotatable bonds is 1. The third-order valence-electron chi connectivity index (χ3n) is 3.04. The summed E-state index contributed by atoms with van der Waals surface area (Å²) in [5.74, 6) is 1.67. The summed E-state index contributed by atoms with van der Waals surface area (Å²) >= 11 is 0. The van der Waals surface area contributed by atoms with Gasteiger partial charge in [-0.15, -0.1) is 0 Å². The first-order chi connectivity index (χ1) is 7.84. The molecular formula is C12H15NO3. The van der Waals surface area contributed by atoms with Crippen molar-refractivity contribution in [3.63, 3.8) is 0 Å². The number of benzene rings is 1. The second-order valence-electron chi connectivity index (χ2n) is 4.13. The van der Waals surface area contributed by atoms with Crippen LogP contribution >= 0.6 is 0 Å². The predicted molar refractivity (Wildman–Crippen MR) is 58.9 cm³/mol. The van der Waals surface area contributed by atoms with Crippen LogP contribution in [0.25, 0.3) is 0 Å². The molecular weight excluding hydrogens is 206 g/mol. The molecule has 1 unspecified atom stereocenters. The molecule has 0 saturated carbocycles. The van der Waals surface area contributed by atoms with Crippen LogP contribution in [0.2, 0.25) is 0 Å². The van der Waals surface area contributed by atoms with Crippen molar-refractivity contribution in [3.05, 3.63) is 23.3 Å². The average Bonchev–Trinajstić information content (AvgIpc) is 2.76. The SMILES string of the molecule is Cc1cc2c(cc1C1CNCCO1)OCO2. The molecule has 3 rings (SSSR count). The van der Waals surface area contributed by atoms with Crippen LogP contribution in [0.15, 0.2) is 12.1 Å². The van der Waals surface area contributed by atoms with Gasteiger partial charge >= 0.3 is 0 Å². The van der Waals surface area contributed by atoms with Crippen LogP contribution in [0, 0.1) is 6.92 Å². The van der Waals surface area contributed by atoms with Gasteiger partial charge in [0.25, 0.3) is 0 Å². The van der Waals surface area contributed by atoms with Crippen molar-refractivity contribution in [2.24, 2.45) is 0 Å². The quantitative estimate of drug-likeness (QED) is 0.777. The smallest absolute Gasteiger partial charge is 0.231 e. The average molecular weight is 221 g/mol. The number of hydrogen-bond donors (Lipinski definition) is 1. The summed E-state index contributed by atoms with van der Waals surface area (Å²) in [5, 5.41) is 3.33. The van der Waals surface area contributed by atoms with Gasteiger partial charge in [0.2, 0.25) is 6.79 Å². The van der Waals surface area contributed by atoms with Crippen LogP contribution in [-0.4, -0.2) is 26.5 Å². The van der Waals surface area contributed by atoms with E-state index < -0.39 is 0 Å². The van der Waals surface area contributed by atoms with E-state index in [2.05, 4.69) is 12.2 Å². The fourth-order valence-corrected chi connectivity index (χ4v) is 2.17. The molecule has 0 amide bonds. The lowest BCUT2D eigenvalue weighted by Gasteiger charge is -2.25. The summed E-state index contributed by atoms with van der Waals surface area (Å²) in [7, 11) is 0. The van der Waals surface area contributed by atoms with Gasteiger partial charge in [-0.3, -0.25) is 0 Å². The van der Waals surface area contributed by atoms with E-state index in [4.69, 9.17) is 14.2 Å². The number of ether oxygens (including phenoxy) is 3. The van der Waals surface area contributed by atoms with Crippen molar-refractivity contribution < 1.29 is 14.2 Å². The molecule has 1 aromatic rings. The summed E-state index contributed by atoms with van der Waals surface area (Å²) in [5.41, 5.74) is 2.38. The maximum absolute atomic E-state index is 5.75. The van der Waals surface area contributed by atoms with E-state index >= 15 is 0 Å². The third-order valence-corrected chi connectivity index (χ3v) is 3.04. The van der Waals surface area contributed by atoms with E-state index in [1.807, 2.05) is 12.1 Å². The van der Waals surface area contributed by atoms with Gasteiger partial charge in [0, 0.05) is 13.1 Å². The summed E-state index contributed by atoms with van der Waals surface area (Å²) in [4.78, 5) is 0. The van der Waals surface area contributed by atoms with Crippen LogP contribution in [0.1, 0.15) is 17.2 Å². The van der Waals surface area contributed by atoms with Crippen molar-refractivity contribution >= 4 is 0 Å². The molecule has 0 bridgehead atoms. The Labute approximate surface area is 94.5 Å². The highest BCUT2D eigenvalue weighted by molar-refractivity contribution is 5.49. The van der Waals surface area contributed by atoms with Crippen LogP contribution in [0.5, 0.6) is 11.5 Å². The molecule has 2 aliphatic rings. The molecule has 86 valence electrons. The van der Waals surface area contributed by atoms with Gasteiger partial charge in [-0.2, -0.15) is 0 Å². The molecule has 1 fully saturated rings. The summed E-state index contributed by atoms with van der Waals surface area (Å²) in [6.45, 7) is 4.95. The van der Waals surface area contributed by atoms with Crippen LogP contribution in [0.4, 0.5) is 0 Å². The van der Waals surface area contributed by atoms with Crippen molar-refractivity contribution in [2.75, 3.05) is 26.5 Å². The van der Waals surface area contributed by atoms with Crippen molar-refractivity contribution in [1.29, 1.82) is 0 Å². The molecule has 16 heavy (non-hydrogen) atoms. The first-order valence-corrected chi connectivity index (χ1v) is 5.57. The maximum atomic E-state index is 5.75. The van der Waals surface area contributed by atoms with Crippen molar-refractivity contribution in [2.45, 2.75) is 13.0 Å². The molecule has 2 aliphatic heterocycles. The van der Waals surface area contributed by atoms with Crippen molar-refractivity contribution in [1.82, 2.24) is 5.32 Å². The number of fused-ring (bicyclic) bond motifs is 1. The van der Waals surface area contributed by atoms with Gasteiger partial charge in [0.05, 0.1) is 12.7 Å². The van der Waals surface area contributed by atoms with Gasteiger partial charge in [0.15, 0.2) is 11.5 Å². The molecule has 1 saturated heterocycles.